The Kier molecular flexibility index (Phi) is 2.34. The Labute approximate surface area is 96.5 Å². The van der Waals surface area contributed by atoms with Gasteiger partial charge in [-0.2, -0.15) is 15.2 Å². The second-order valence-corrected chi connectivity index (χ2v) is 3.32. The van der Waals surface area contributed by atoms with Crippen molar-refractivity contribution in [3.05, 3.63) is 30.1 Å². The summed E-state index contributed by atoms with van der Waals surface area (Å²) in [6.07, 6.45) is 3.06. The standard InChI is InChI=1S/C10H9N5O2/c1-2-8-9(17-6-16-8)3-7(1)4-12-14-10-11-5-13-15-10/h1-5H,6H2,(H2,11,13,14,15)/b12-4+. The van der Waals surface area contributed by atoms with Crippen molar-refractivity contribution in [2.24, 2.45) is 5.10 Å². The van der Waals surface area contributed by atoms with Crippen LogP contribution in [-0.4, -0.2) is 28.2 Å². The number of hydrogen-bond donors (Lipinski definition) is 2. The van der Waals surface area contributed by atoms with Gasteiger partial charge in [0.2, 0.25) is 12.7 Å². The highest BCUT2D eigenvalue weighted by Crippen LogP contribution is 2.31. The van der Waals surface area contributed by atoms with Gasteiger partial charge in [0, 0.05) is 0 Å². The molecule has 0 aliphatic carbocycles. The van der Waals surface area contributed by atoms with Gasteiger partial charge in [0.05, 0.1) is 6.21 Å². The van der Waals surface area contributed by atoms with Gasteiger partial charge in [-0.25, -0.2) is 10.5 Å². The Morgan fingerprint density at radius 3 is 3.18 bits per heavy atom. The Bertz CT molecular complexity index is 538. The zero-order chi connectivity index (χ0) is 11.5. The van der Waals surface area contributed by atoms with Crippen LogP contribution in [0.5, 0.6) is 11.5 Å². The molecule has 7 heteroatoms. The van der Waals surface area contributed by atoms with E-state index in [1.54, 1.807) is 6.21 Å². The quantitative estimate of drug-likeness (QED) is 0.607. The lowest BCUT2D eigenvalue weighted by atomic mass is 10.2. The Balaban J connectivity index is 1.70. The number of benzene rings is 1. The number of aromatic nitrogens is 3. The summed E-state index contributed by atoms with van der Waals surface area (Å²) in [6, 6.07) is 5.59. The summed E-state index contributed by atoms with van der Waals surface area (Å²) < 4.78 is 10.5. The van der Waals surface area contributed by atoms with Crippen LogP contribution in [0.2, 0.25) is 0 Å². The molecule has 0 radical (unpaired) electrons. The summed E-state index contributed by atoms with van der Waals surface area (Å²) in [7, 11) is 0. The van der Waals surface area contributed by atoms with E-state index >= 15 is 0 Å². The first kappa shape index (κ1) is 9.64. The Morgan fingerprint density at radius 1 is 1.35 bits per heavy atom. The molecule has 0 atom stereocenters. The van der Waals surface area contributed by atoms with E-state index in [1.165, 1.54) is 6.33 Å². The van der Waals surface area contributed by atoms with Gasteiger partial charge in [-0.3, -0.25) is 0 Å². The summed E-state index contributed by atoms with van der Waals surface area (Å²) >= 11 is 0. The molecular weight excluding hydrogens is 222 g/mol. The maximum absolute atomic E-state index is 5.26. The van der Waals surface area contributed by atoms with Crippen molar-refractivity contribution in [1.29, 1.82) is 0 Å². The first-order valence-electron chi connectivity index (χ1n) is 4.96. The van der Waals surface area contributed by atoms with Crippen LogP contribution in [0.3, 0.4) is 0 Å². The third kappa shape index (κ3) is 2.03. The highest BCUT2D eigenvalue weighted by Gasteiger charge is 2.12. The largest absolute Gasteiger partial charge is 0.454 e. The van der Waals surface area contributed by atoms with Crippen molar-refractivity contribution in [2.45, 2.75) is 0 Å². The molecular formula is C10H9N5O2. The van der Waals surface area contributed by atoms with E-state index in [0.29, 0.717) is 5.95 Å². The summed E-state index contributed by atoms with van der Waals surface area (Å²) in [6.45, 7) is 0.270. The molecule has 1 aromatic carbocycles. The molecule has 0 saturated carbocycles. The fraction of sp³-hybridized carbons (Fsp3) is 0.100. The zero-order valence-corrected chi connectivity index (χ0v) is 8.75. The number of fused-ring (bicyclic) bond motifs is 1. The maximum atomic E-state index is 5.26. The Morgan fingerprint density at radius 2 is 2.29 bits per heavy atom. The molecule has 1 aromatic heterocycles. The average Bonchev–Trinajstić information content (AvgIpc) is 2.98. The summed E-state index contributed by atoms with van der Waals surface area (Å²) in [5, 5.41) is 10.3. The predicted octanol–water partition coefficient (Wildman–Crippen LogP) is 0.979. The van der Waals surface area contributed by atoms with Gasteiger partial charge in [0.1, 0.15) is 6.33 Å². The number of hydrogen-bond acceptors (Lipinski definition) is 6. The van der Waals surface area contributed by atoms with Crippen molar-refractivity contribution in [2.75, 3.05) is 12.2 Å². The van der Waals surface area contributed by atoms with Crippen LogP contribution in [0.15, 0.2) is 29.6 Å². The smallest absolute Gasteiger partial charge is 0.239 e. The fourth-order valence-corrected chi connectivity index (χ4v) is 1.42. The van der Waals surface area contributed by atoms with Crippen LogP contribution in [0.1, 0.15) is 5.56 Å². The number of nitrogens with zero attached hydrogens (tertiary/aromatic N) is 3. The van der Waals surface area contributed by atoms with Crippen molar-refractivity contribution >= 4 is 12.2 Å². The molecule has 0 bridgehead atoms. The van der Waals surface area contributed by atoms with Crippen LogP contribution in [0.4, 0.5) is 5.95 Å². The van der Waals surface area contributed by atoms with Gasteiger partial charge < -0.3 is 9.47 Å². The molecule has 1 aliphatic rings. The van der Waals surface area contributed by atoms with Crippen LogP contribution >= 0.6 is 0 Å². The van der Waals surface area contributed by atoms with Gasteiger partial charge in [0.15, 0.2) is 11.5 Å². The van der Waals surface area contributed by atoms with Gasteiger partial charge >= 0.3 is 0 Å². The molecule has 7 nitrogen and oxygen atoms in total. The number of rotatable bonds is 3. The van der Waals surface area contributed by atoms with E-state index in [4.69, 9.17) is 9.47 Å². The second-order valence-electron chi connectivity index (χ2n) is 3.32. The summed E-state index contributed by atoms with van der Waals surface area (Å²) in [5.41, 5.74) is 3.61. The molecule has 2 heterocycles. The normalized spacial score (nSPS) is 13.2. The monoisotopic (exact) mass is 231 g/mol. The van der Waals surface area contributed by atoms with Crippen LogP contribution < -0.4 is 14.9 Å². The minimum atomic E-state index is 0.270. The highest BCUT2D eigenvalue weighted by molar-refractivity contribution is 5.81. The van der Waals surface area contributed by atoms with Gasteiger partial charge in [-0.15, -0.1) is 0 Å². The van der Waals surface area contributed by atoms with Crippen molar-refractivity contribution in [3.8, 4) is 11.5 Å². The average molecular weight is 231 g/mol. The van der Waals surface area contributed by atoms with Crippen LogP contribution in [0, 0.1) is 0 Å². The molecule has 0 amide bonds. The molecule has 2 N–H and O–H groups in total. The maximum Gasteiger partial charge on any atom is 0.239 e. The fourth-order valence-electron chi connectivity index (χ4n) is 1.42. The minimum Gasteiger partial charge on any atom is -0.454 e. The van der Waals surface area contributed by atoms with Crippen LogP contribution in [-0.2, 0) is 0 Å². The molecule has 17 heavy (non-hydrogen) atoms. The minimum absolute atomic E-state index is 0.270. The van der Waals surface area contributed by atoms with Gasteiger partial charge in [-0.1, -0.05) is 0 Å². The van der Waals surface area contributed by atoms with Crippen LogP contribution in [0.25, 0.3) is 0 Å². The van der Waals surface area contributed by atoms with E-state index in [9.17, 15) is 0 Å². The third-order valence-electron chi connectivity index (χ3n) is 2.20. The summed E-state index contributed by atoms with van der Waals surface area (Å²) in [4.78, 5) is 3.87. The van der Waals surface area contributed by atoms with E-state index < -0.39 is 0 Å². The number of anilines is 1. The lowest BCUT2D eigenvalue weighted by Crippen LogP contribution is -1.93. The molecule has 86 valence electrons. The van der Waals surface area contributed by atoms with E-state index in [-0.39, 0.29) is 6.79 Å². The molecule has 0 saturated heterocycles. The van der Waals surface area contributed by atoms with E-state index in [1.807, 2.05) is 18.2 Å². The second kappa shape index (κ2) is 4.12. The van der Waals surface area contributed by atoms with Crippen molar-refractivity contribution in [3.63, 3.8) is 0 Å². The first-order valence-corrected chi connectivity index (χ1v) is 4.96. The number of nitrogens with one attached hydrogen (secondary N) is 2. The Hall–Kier alpha value is -2.57. The zero-order valence-electron chi connectivity index (χ0n) is 8.75. The van der Waals surface area contributed by atoms with Crippen molar-refractivity contribution < 1.29 is 9.47 Å². The number of H-pyrrole nitrogens is 1. The molecule has 3 rings (SSSR count). The number of ether oxygens (including phenoxy) is 2. The van der Waals surface area contributed by atoms with E-state index in [0.717, 1.165) is 17.1 Å². The third-order valence-corrected chi connectivity index (χ3v) is 2.20. The molecule has 0 fully saturated rings. The SMILES string of the molecule is C(=N\Nc1ncn[nH]1)/c1ccc2c(c1)OCO2. The highest BCUT2D eigenvalue weighted by atomic mass is 16.7. The lowest BCUT2D eigenvalue weighted by molar-refractivity contribution is 0.174. The first-order chi connectivity index (χ1) is 8.42. The predicted molar refractivity (Wildman–Crippen MR) is 60.2 cm³/mol. The van der Waals surface area contributed by atoms with Crippen molar-refractivity contribution in [1.82, 2.24) is 15.2 Å². The summed E-state index contributed by atoms with van der Waals surface area (Å²) in [5.74, 6) is 1.97. The number of aromatic amines is 1. The van der Waals surface area contributed by atoms with E-state index in [2.05, 4.69) is 25.7 Å². The molecule has 0 spiro atoms. The molecule has 2 aromatic rings. The topological polar surface area (TPSA) is 84.4 Å². The van der Waals surface area contributed by atoms with Gasteiger partial charge in [-0.05, 0) is 23.8 Å². The number of hydrazone groups is 1. The molecule has 0 unspecified atom stereocenters. The molecule has 1 aliphatic heterocycles. The lowest BCUT2D eigenvalue weighted by Gasteiger charge is -1.97. The van der Waals surface area contributed by atoms with Gasteiger partial charge in [0.25, 0.3) is 0 Å².